The van der Waals surface area contributed by atoms with Gasteiger partial charge in [0.2, 0.25) is 0 Å². The Balaban J connectivity index is 1.37. The maximum absolute atomic E-state index is 14.3. The Kier molecular flexibility index (Phi) is 10.9. The largest absolute Gasteiger partial charge is 0.490 e. The minimum atomic E-state index is -3.54. The van der Waals surface area contributed by atoms with Crippen LogP contribution in [0.2, 0.25) is 5.02 Å². The van der Waals surface area contributed by atoms with Crippen LogP contribution in [0.3, 0.4) is 0 Å². The van der Waals surface area contributed by atoms with Crippen molar-refractivity contribution < 1.29 is 23.3 Å². The summed E-state index contributed by atoms with van der Waals surface area (Å²) in [4.78, 5) is 29.5. The number of amides is 2. The molecule has 2 heterocycles. The Morgan fingerprint density at radius 3 is 2.76 bits per heavy atom. The predicted octanol–water partition coefficient (Wildman–Crippen LogP) is 6.36. The van der Waals surface area contributed by atoms with Crippen LogP contribution in [0, 0.1) is 17.8 Å². The van der Waals surface area contributed by atoms with Crippen LogP contribution >= 0.6 is 11.6 Å². The number of nitrogens with one attached hydrogen (secondary N) is 1. The maximum atomic E-state index is 14.3. The van der Waals surface area contributed by atoms with Gasteiger partial charge in [0.05, 0.1) is 24.2 Å². The van der Waals surface area contributed by atoms with Crippen molar-refractivity contribution in [2.45, 2.75) is 63.9 Å². The molecule has 1 fully saturated rings. The monoisotopic (exact) mass is 736 g/mol. The number of methoxy groups -OCH3 is 1. The van der Waals surface area contributed by atoms with E-state index in [1.165, 1.54) is 22.0 Å². The summed E-state index contributed by atoms with van der Waals surface area (Å²) in [5.74, 6) is -0.118. The summed E-state index contributed by atoms with van der Waals surface area (Å²) >= 11 is 6.45. The Morgan fingerprint density at radius 2 is 2.10 bits per heavy atom. The third-order valence-corrected chi connectivity index (χ3v) is 13.2. The van der Waals surface area contributed by atoms with Crippen LogP contribution < -0.4 is 20.1 Å². The lowest BCUT2D eigenvalue weighted by atomic mass is 9.68. The van der Waals surface area contributed by atoms with Crippen molar-refractivity contribution in [3.05, 3.63) is 82.5 Å². The van der Waals surface area contributed by atoms with Crippen molar-refractivity contribution in [1.29, 1.82) is 0 Å². The minimum absolute atomic E-state index is 0.000305. The molecule has 0 radical (unpaired) electrons. The SMILES string of the molecule is C=C[C@H](OC)[C@@H]1CC[C@H]1CN1C[C@@]2(CCCc3cc(Cl)ccc32)COc2ccc(C(=O)N=S(=O)(C[C@@H](C)CC)NC(=O)c3cn(C)nc3N)cc21. The van der Waals surface area contributed by atoms with Gasteiger partial charge in [-0.25, -0.2) is 4.21 Å². The van der Waals surface area contributed by atoms with E-state index in [-0.39, 0.29) is 40.1 Å². The van der Waals surface area contributed by atoms with Gasteiger partial charge in [-0.1, -0.05) is 44.0 Å². The van der Waals surface area contributed by atoms with Crippen LogP contribution in [0.5, 0.6) is 5.75 Å². The lowest BCUT2D eigenvalue weighted by Gasteiger charge is -2.46. The number of aryl methyl sites for hydroxylation is 2. The number of hydrogen-bond donors (Lipinski definition) is 2. The van der Waals surface area contributed by atoms with Crippen molar-refractivity contribution in [3.63, 3.8) is 0 Å². The number of anilines is 2. The average molecular weight is 737 g/mol. The van der Waals surface area contributed by atoms with Gasteiger partial charge in [-0.3, -0.25) is 19.0 Å². The molecule has 2 amide bonds. The van der Waals surface area contributed by atoms with E-state index in [2.05, 4.69) is 37.8 Å². The quantitative estimate of drug-likeness (QED) is 0.217. The second kappa shape index (κ2) is 15.0. The van der Waals surface area contributed by atoms with Gasteiger partial charge in [-0.05, 0) is 91.3 Å². The lowest BCUT2D eigenvalue weighted by molar-refractivity contribution is 0.0135. The molecule has 0 saturated heterocycles. The molecule has 3 N–H and O–H groups in total. The highest BCUT2D eigenvalue weighted by Gasteiger charge is 2.44. The van der Waals surface area contributed by atoms with E-state index in [0.29, 0.717) is 37.2 Å². The van der Waals surface area contributed by atoms with Crippen LogP contribution in [-0.2, 0) is 33.5 Å². The molecule has 2 aliphatic carbocycles. The molecule has 1 aromatic heterocycles. The zero-order valence-corrected chi connectivity index (χ0v) is 31.5. The number of benzene rings is 2. The molecule has 3 aliphatic rings. The van der Waals surface area contributed by atoms with Crippen molar-refractivity contribution in [2.75, 3.05) is 43.2 Å². The molecule has 1 unspecified atom stereocenters. The number of carbonyl (C=O) groups excluding carboxylic acids is 2. The van der Waals surface area contributed by atoms with Gasteiger partial charge in [0.15, 0.2) is 5.82 Å². The highest BCUT2D eigenvalue weighted by molar-refractivity contribution is 7.92. The third-order valence-electron chi connectivity index (χ3n) is 10.9. The van der Waals surface area contributed by atoms with Crippen LogP contribution in [-0.4, -0.2) is 64.5 Å². The molecule has 6 rings (SSSR count). The van der Waals surface area contributed by atoms with Crippen LogP contribution in [0.25, 0.3) is 0 Å². The highest BCUT2D eigenvalue weighted by atomic mass is 35.5. The fourth-order valence-corrected chi connectivity index (χ4v) is 10.1. The number of nitrogens with zero attached hydrogens (tertiary/aromatic N) is 4. The molecule has 2 aromatic carbocycles. The molecule has 6 atom stereocenters. The summed E-state index contributed by atoms with van der Waals surface area (Å²) in [5.41, 5.74) is 9.25. The summed E-state index contributed by atoms with van der Waals surface area (Å²) in [5, 5.41) is 4.74. The average Bonchev–Trinajstić information content (AvgIpc) is 3.36. The Labute approximate surface area is 306 Å². The fraction of sp³-hybridized carbons (Fsp3) is 0.500. The first-order valence-corrected chi connectivity index (χ1v) is 19.8. The molecule has 1 saturated carbocycles. The first-order chi connectivity index (χ1) is 24.4. The number of aromatic nitrogens is 2. The van der Waals surface area contributed by atoms with Gasteiger partial charge in [0, 0.05) is 49.4 Å². The van der Waals surface area contributed by atoms with Crippen molar-refractivity contribution in [2.24, 2.45) is 29.2 Å². The van der Waals surface area contributed by atoms with Gasteiger partial charge in [-0.15, -0.1) is 10.9 Å². The van der Waals surface area contributed by atoms with E-state index in [1.807, 2.05) is 26.0 Å². The first kappa shape index (κ1) is 36.9. The fourth-order valence-electron chi connectivity index (χ4n) is 7.90. The van der Waals surface area contributed by atoms with E-state index in [4.69, 9.17) is 26.8 Å². The number of rotatable bonds is 11. The van der Waals surface area contributed by atoms with Crippen molar-refractivity contribution in [3.8, 4) is 5.75 Å². The lowest BCUT2D eigenvalue weighted by Crippen LogP contribution is -2.49. The Bertz CT molecular complexity index is 1940. The summed E-state index contributed by atoms with van der Waals surface area (Å²) in [7, 11) is -0.176. The summed E-state index contributed by atoms with van der Waals surface area (Å²) < 4.78 is 34.9. The van der Waals surface area contributed by atoms with Crippen LogP contribution in [0.15, 0.2) is 59.6 Å². The number of halogens is 1. The highest BCUT2D eigenvalue weighted by Crippen LogP contribution is 2.47. The van der Waals surface area contributed by atoms with Crippen LogP contribution in [0.4, 0.5) is 11.5 Å². The zero-order valence-electron chi connectivity index (χ0n) is 29.9. The van der Waals surface area contributed by atoms with Gasteiger partial charge in [0.25, 0.3) is 11.8 Å². The Morgan fingerprint density at radius 1 is 1.29 bits per heavy atom. The van der Waals surface area contributed by atoms with E-state index < -0.39 is 21.7 Å². The minimum Gasteiger partial charge on any atom is -0.490 e. The van der Waals surface area contributed by atoms with E-state index >= 15 is 0 Å². The normalized spacial score (nSPS) is 23.4. The molecule has 13 heteroatoms. The Hall–Kier alpha value is -3.87. The second-order valence-electron chi connectivity index (χ2n) is 14.5. The number of ether oxygens (including phenoxy) is 2. The van der Waals surface area contributed by atoms with E-state index in [1.54, 1.807) is 32.4 Å². The van der Waals surface area contributed by atoms with Gasteiger partial charge in [0.1, 0.15) is 21.2 Å². The summed E-state index contributed by atoms with van der Waals surface area (Å²) in [6.07, 6.45) is 9.01. The number of carbonyl (C=O) groups is 2. The van der Waals surface area contributed by atoms with Gasteiger partial charge < -0.3 is 20.1 Å². The molecule has 1 aliphatic heterocycles. The first-order valence-electron chi connectivity index (χ1n) is 17.7. The number of hydrogen-bond acceptors (Lipinski definition) is 8. The van der Waals surface area contributed by atoms with Crippen molar-refractivity contribution in [1.82, 2.24) is 14.5 Å². The molecule has 51 heavy (non-hydrogen) atoms. The molecule has 3 aromatic rings. The van der Waals surface area contributed by atoms with Gasteiger partial charge >= 0.3 is 0 Å². The van der Waals surface area contributed by atoms with E-state index in [0.717, 1.165) is 49.4 Å². The number of nitrogens with two attached hydrogens (primary N) is 1. The second-order valence-corrected chi connectivity index (χ2v) is 16.9. The molecular formula is C38H49ClN6O5S. The summed E-state index contributed by atoms with van der Waals surface area (Å²) in [6, 6.07) is 11.4. The smallest absolute Gasteiger partial charge is 0.286 e. The van der Waals surface area contributed by atoms with E-state index in [9.17, 15) is 13.8 Å². The van der Waals surface area contributed by atoms with Gasteiger partial charge in [-0.2, -0.15) is 5.10 Å². The summed E-state index contributed by atoms with van der Waals surface area (Å²) in [6.45, 7) is 9.78. The molecule has 274 valence electrons. The molecule has 0 bridgehead atoms. The maximum Gasteiger partial charge on any atom is 0.286 e. The molecule has 1 spiro atoms. The zero-order chi connectivity index (χ0) is 36.5. The standard InChI is InChI=1S/C38H49ClN6O5S/c1-6-24(3)21-51(48,43-37(47)30-20-44(4)41-35(30)40)42-36(46)26-11-15-34-32(18-26)45(19-27-10-13-29(27)33(7-2)49-5)22-38(23-50-34)16-8-9-25-17-28(39)12-14-31(25)38/h7,11-12,14-15,17-18,20,24,27,29,33H,2,6,8-10,13,16,19,21-23H2,1,3-5H3,(H2,40,41)(H,42,43,46,47,48)/t24-,27-,29+,33-,38-,51?/m0/s1. The van der Waals surface area contributed by atoms with Crippen LogP contribution in [0.1, 0.15) is 77.8 Å². The topological polar surface area (TPSA) is 141 Å². The predicted molar refractivity (Wildman–Crippen MR) is 202 cm³/mol. The molecule has 11 nitrogen and oxygen atoms in total. The number of fused-ring (bicyclic) bond motifs is 3. The number of nitrogen functional groups attached to an aromatic ring is 1. The third kappa shape index (κ3) is 7.68. The van der Waals surface area contributed by atoms with Crippen molar-refractivity contribution >= 4 is 44.8 Å². The molecular weight excluding hydrogens is 688 g/mol.